The molecule has 1 aromatic heterocycles. The lowest BCUT2D eigenvalue weighted by molar-refractivity contribution is -0.128. The third-order valence-corrected chi connectivity index (χ3v) is 4.44. The Labute approximate surface area is 148 Å². The van der Waals surface area contributed by atoms with Crippen LogP contribution in [0.15, 0.2) is 42.7 Å². The molecule has 1 amide bonds. The first-order valence-corrected chi connectivity index (χ1v) is 8.78. The molecule has 0 spiro atoms. The molecule has 1 aliphatic rings. The van der Waals surface area contributed by atoms with Crippen LogP contribution in [-0.4, -0.2) is 34.6 Å². The van der Waals surface area contributed by atoms with Crippen LogP contribution in [0.4, 0.5) is 5.69 Å². The van der Waals surface area contributed by atoms with Gasteiger partial charge >= 0.3 is 0 Å². The minimum atomic E-state index is -0.542. The summed E-state index contributed by atoms with van der Waals surface area (Å²) in [6.07, 6.45) is 4.73. The number of aromatic nitrogens is 2. The lowest BCUT2D eigenvalue weighted by Crippen LogP contribution is -2.51. The highest BCUT2D eigenvalue weighted by Crippen LogP contribution is 2.33. The van der Waals surface area contributed by atoms with Crippen LogP contribution in [0.25, 0.3) is 0 Å². The van der Waals surface area contributed by atoms with E-state index in [1.807, 2.05) is 24.3 Å². The fourth-order valence-electron chi connectivity index (χ4n) is 2.96. The molecule has 0 bridgehead atoms. The highest BCUT2D eigenvalue weighted by Gasteiger charge is 2.31. The Hall–Kier alpha value is -2.63. The molecule has 1 N–H and O–H groups in total. The quantitative estimate of drug-likeness (QED) is 0.875. The molecule has 1 aromatic carbocycles. The second-order valence-electron chi connectivity index (χ2n) is 6.14. The SMILES string of the molecule is CCC(CC)NC(=O)[C@H]1CN(Cc2ncccn2)c2ccccc2O1. The number of carbonyl (C=O) groups is 1. The summed E-state index contributed by atoms with van der Waals surface area (Å²) in [6, 6.07) is 9.74. The van der Waals surface area contributed by atoms with Crippen molar-refractivity contribution in [3.8, 4) is 5.75 Å². The molecule has 0 aliphatic carbocycles. The fourth-order valence-corrected chi connectivity index (χ4v) is 2.96. The van der Waals surface area contributed by atoms with Crippen molar-refractivity contribution in [2.75, 3.05) is 11.4 Å². The number of nitrogens with one attached hydrogen (secondary N) is 1. The molecule has 0 radical (unpaired) electrons. The van der Waals surface area contributed by atoms with Crippen LogP contribution < -0.4 is 15.0 Å². The molecule has 132 valence electrons. The van der Waals surface area contributed by atoms with Gasteiger partial charge in [0.2, 0.25) is 0 Å². The largest absolute Gasteiger partial charge is 0.477 e. The number of ether oxygens (including phenoxy) is 1. The van der Waals surface area contributed by atoms with Gasteiger partial charge in [-0.1, -0.05) is 26.0 Å². The van der Waals surface area contributed by atoms with Crippen molar-refractivity contribution in [2.24, 2.45) is 0 Å². The minimum absolute atomic E-state index is 0.0674. The van der Waals surface area contributed by atoms with E-state index in [1.54, 1.807) is 18.5 Å². The van der Waals surface area contributed by atoms with E-state index in [0.717, 1.165) is 30.1 Å². The van der Waals surface area contributed by atoms with E-state index in [1.165, 1.54) is 0 Å². The zero-order valence-corrected chi connectivity index (χ0v) is 14.7. The summed E-state index contributed by atoms with van der Waals surface area (Å²) < 4.78 is 5.96. The maximum Gasteiger partial charge on any atom is 0.263 e. The molecular weight excluding hydrogens is 316 g/mol. The Morgan fingerprint density at radius 1 is 1.24 bits per heavy atom. The van der Waals surface area contributed by atoms with Crippen molar-refractivity contribution >= 4 is 11.6 Å². The molecule has 1 atom stereocenters. The van der Waals surface area contributed by atoms with E-state index in [2.05, 4.69) is 34.0 Å². The molecule has 3 rings (SSSR count). The van der Waals surface area contributed by atoms with E-state index < -0.39 is 6.10 Å². The molecule has 1 aliphatic heterocycles. The number of hydrogen-bond acceptors (Lipinski definition) is 5. The summed E-state index contributed by atoms with van der Waals surface area (Å²) in [7, 11) is 0. The summed E-state index contributed by atoms with van der Waals surface area (Å²) in [5, 5.41) is 3.08. The molecule has 25 heavy (non-hydrogen) atoms. The predicted molar refractivity (Wildman–Crippen MR) is 96.5 cm³/mol. The Morgan fingerprint density at radius 2 is 1.96 bits per heavy atom. The number of anilines is 1. The number of rotatable bonds is 6. The number of amides is 1. The van der Waals surface area contributed by atoms with Crippen LogP contribution in [0.1, 0.15) is 32.5 Å². The van der Waals surface area contributed by atoms with Crippen LogP contribution in [-0.2, 0) is 11.3 Å². The summed E-state index contributed by atoms with van der Waals surface area (Å²) in [5.41, 5.74) is 0.960. The monoisotopic (exact) mass is 340 g/mol. The van der Waals surface area contributed by atoms with E-state index in [-0.39, 0.29) is 11.9 Å². The van der Waals surface area contributed by atoms with Crippen LogP contribution in [0.3, 0.4) is 0 Å². The average Bonchev–Trinajstić information content (AvgIpc) is 2.66. The number of hydrogen-bond donors (Lipinski definition) is 1. The lowest BCUT2D eigenvalue weighted by atomic mass is 10.1. The van der Waals surface area contributed by atoms with Crippen molar-refractivity contribution in [3.63, 3.8) is 0 Å². The second kappa shape index (κ2) is 7.96. The molecule has 0 saturated heterocycles. The zero-order valence-electron chi connectivity index (χ0n) is 14.7. The van der Waals surface area contributed by atoms with Crippen LogP contribution in [0, 0.1) is 0 Å². The van der Waals surface area contributed by atoms with E-state index in [0.29, 0.717) is 13.1 Å². The fraction of sp³-hybridized carbons (Fsp3) is 0.421. The zero-order chi connectivity index (χ0) is 17.6. The van der Waals surface area contributed by atoms with Crippen molar-refractivity contribution < 1.29 is 9.53 Å². The van der Waals surface area contributed by atoms with Gasteiger partial charge < -0.3 is 15.0 Å². The Morgan fingerprint density at radius 3 is 2.68 bits per heavy atom. The normalized spacial score (nSPS) is 16.3. The highest BCUT2D eigenvalue weighted by molar-refractivity contribution is 5.83. The number of benzene rings is 1. The van der Waals surface area contributed by atoms with Gasteiger partial charge in [-0.2, -0.15) is 0 Å². The maximum absolute atomic E-state index is 12.6. The van der Waals surface area contributed by atoms with Gasteiger partial charge in [-0.3, -0.25) is 4.79 Å². The standard InChI is InChI=1S/C19H24N4O2/c1-3-14(4-2)22-19(24)17-12-23(13-18-20-10-7-11-21-18)15-8-5-6-9-16(15)25-17/h5-11,14,17H,3-4,12-13H2,1-2H3,(H,22,24)/t17-/m1/s1. The van der Waals surface area contributed by atoms with Crippen molar-refractivity contribution in [1.29, 1.82) is 0 Å². The first-order chi connectivity index (χ1) is 12.2. The van der Waals surface area contributed by atoms with Crippen LogP contribution in [0.5, 0.6) is 5.75 Å². The van der Waals surface area contributed by atoms with Gasteiger partial charge in [-0.05, 0) is 31.0 Å². The smallest absolute Gasteiger partial charge is 0.263 e. The summed E-state index contributed by atoms with van der Waals surface area (Å²) in [6.45, 7) is 5.16. The lowest BCUT2D eigenvalue weighted by Gasteiger charge is -2.35. The van der Waals surface area contributed by atoms with Gasteiger partial charge in [0.05, 0.1) is 18.8 Å². The summed E-state index contributed by atoms with van der Waals surface area (Å²) >= 11 is 0. The van der Waals surface area contributed by atoms with Gasteiger partial charge in [-0.15, -0.1) is 0 Å². The first-order valence-electron chi connectivity index (χ1n) is 8.78. The summed E-state index contributed by atoms with van der Waals surface area (Å²) in [4.78, 5) is 23.3. The van der Waals surface area contributed by atoms with Crippen LogP contribution >= 0.6 is 0 Å². The van der Waals surface area contributed by atoms with Gasteiger partial charge in [0.15, 0.2) is 6.10 Å². The number of carbonyl (C=O) groups excluding carboxylic acids is 1. The Balaban J connectivity index is 1.79. The van der Waals surface area contributed by atoms with Crippen molar-refractivity contribution in [2.45, 2.75) is 45.4 Å². The van der Waals surface area contributed by atoms with E-state index in [9.17, 15) is 4.79 Å². The second-order valence-corrected chi connectivity index (χ2v) is 6.14. The average molecular weight is 340 g/mol. The van der Waals surface area contributed by atoms with Gasteiger partial charge in [-0.25, -0.2) is 9.97 Å². The van der Waals surface area contributed by atoms with Gasteiger partial charge in [0.25, 0.3) is 5.91 Å². The molecule has 0 fully saturated rings. The maximum atomic E-state index is 12.6. The summed E-state index contributed by atoms with van der Waals surface area (Å²) in [5.74, 6) is 1.37. The van der Waals surface area contributed by atoms with Gasteiger partial charge in [0, 0.05) is 18.4 Å². The van der Waals surface area contributed by atoms with Crippen molar-refractivity contribution in [1.82, 2.24) is 15.3 Å². The molecule has 6 nitrogen and oxygen atoms in total. The number of para-hydroxylation sites is 2. The molecule has 0 saturated carbocycles. The van der Waals surface area contributed by atoms with E-state index >= 15 is 0 Å². The van der Waals surface area contributed by atoms with E-state index in [4.69, 9.17) is 4.74 Å². The predicted octanol–water partition coefficient (Wildman–Crippen LogP) is 2.55. The Kier molecular flexibility index (Phi) is 5.48. The Bertz CT molecular complexity index is 704. The van der Waals surface area contributed by atoms with Crippen molar-refractivity contribution in [3.05, 3.63) is 48.5 Å². The van der Waals surface area contributed by atoms with Gasteiger partial charge in [0.1, 0.15) is 11.6 Å². The molecule has 0 unspecified atom stereocenters. The molecule has 2 aromatic rings. The molecule has 6 heteroatoms. The molecule has 2 heterocycles. The van der Waals surface area contributed by atoms with Crippen LogP contribution in [0.2, 0.25) is 0 Å². The number of fused-ring (bicyclic) bond motifs is 1. The minimum Gasteiger partial charge on any atom is -0.477 e. The number of nitrogens with zero attached hydrogens (tertiary/aromatic N) is 3. The topological polar surface area (TPSA) is 67.4 Å². The first kappa shape index (κ1) is 17.2. The third-order valence-electron chi connectivity index (χ3n) is 4.44. The highest BCUT2D eigenvalue weighted by atomic mass is 16.5. The molecular formula is C19H24N4O2. The third kappa shape index (κ3) is 4.07.